The molecule has 4 aromatic rings. The third kappa shape index (κ3) is 4.04. The number of aryl methyl sites for hydroxylation is 2. The van der Waals surface area contributed by atoms with Gasteiger partial charge in [0.05, 0.1) is 12.6 Å². The maximum absolute atomic E-state index is 13.7. The lowest BCUT2D eigenvalue weighted by Crippen LogP contribution is -2.29. The van der Waals surface area contributed by atoms with E-state index in [1.165, 1.54) is 0 Å². The largest absolute Gasteiger partial charge is 0.507 e. The Balaban J connectivity index is 1.67. The van der Waals surface area contributed by atoms with E-state index in [4.69, 9.17) is 16.3 Å². The number of hydrogen-bond donors (Lipinski definition) is 2. The molecule has 0 spiro atoms. The van der Waals surface area contributed by atoms with E-state index < -0.39 is 6.04 Å². The Morgan fingerprint density at radius 1 is 1.11 bits per heavy atom. The number of ether oxygens (including phenoxy) is 1. The van der Waals surface area contributed by atoms with Crippen molar-refractivity contribution in [1.82, 2.24) is 15.1 Å². The molecule has 5 rings (SSSR count). The predicted molar refractivity (Wildman–Crippen MR) is 136 cm³/mol. The van der Waals surface area contributed by atoms with E-state index in [1.54, 1.807) is 11.0 Å². The molecule has 178 valence electrons. The SMILES string of the molecule is CCOc1ccc(C2c3c(-c4c(C)cc(C)cc4O)n[nH]c3C(=O)N2Cc2ccccc2Cl)cc1. The van der Waals surface area contributed by atoms with Crippen molar-refractivity contribution in [3.63, 3.8) is 0 Å². The van der Waals surface area contributed by atoms with Crippen molar-refractivity contribution in [2.45, 2.75) is 33.4 Å². The van der Waals surface area contributed by atoms with Crippen LogP contribution in [-0.2, 0) is 6.54 Å². The lowest BCUT2D eigenvalue weighted by atomic mass is 9.93. The molecule has 2 heterocycles. The zero-order valence-electron chi connectivity index (χ0n) is 19.8. The molecule has 6 nitrogen and oxygen atoms in total. The van der Waals surface area contributed by atoms with Gasteiger partial charge in [-0.05, 0) is 67.3 Å². The Morgan fingerprint density at radius 3 is 2.54 bits per heavy atom. The van der Waals surface area contributed by atoms with E-state index >= 15 is 0 Å². The lowest BCUT2D eigenvalue weighted by molar-refractivity contribution is 0.0730. The van der Waals surface area contributed by atoms with Gasteiger partial charge in [-0.15, -0.1) is 0 Å². The minimum Gasteiger partial charge on any atom is -0.507 e. The van der Waals surface area contributed by atoms with Crippen LogP contribution in [0.15, 0.2) is 60.7 Å². The summed E-state index contributed by atoms with van der Waals surface area (Å²) in [5, 5.41) is 18.9. The molecule has 1 atom stereocenters. The topological polar surface area (TPSA) is 78.5 Å². The average molecular weight is 488 g/mol. The van der Waals surface area contributed by atoms with E-state index in [1.807, 2.05) is 75.4 Å². The molecule has 2 N–H and O–H groups in total. The highest BCUT2D eigenvalue weighted by molar-refractivity contribution is 6.31. The van der Waals surface area contributed by atoms with Crippen LogP contribution >= 0.6 is 11.6 Å². The van der Waals surface area contributed by atoms with Crippen LogP contribution in [0.2, 0.25) is 5.02 Å². The number of aromatic nitrogens is 2. The fourth-order valence-electron chi connectivity index (χ4n) is 4.87. The van der Waals surface area contributed by atoms with Gasteiger partial charge in [-0.1, -0.05) is 48.0 Å². The van der Waals surface area contributed by atoms with Gasteiger partial charge in [0.25, 0.3) is 5.91 Å². The van der Waals surface area contributed by atoms with Gasteiger partial charge in [0.15, 0.2) is 0 Å². The predicted octanol–water partition coefficient (Wildman–Crippen LogP) is 6.20. The minimum absolute atomic E-state index is 0.138. The van der Waals surface area contributed by atoms with Gasteiger partial charge in [-0.2, -0.15) is 5.10 Å². The number of halogens is 1. The van der Waals surface area contributed by atoms with E-state index in [2.05, 4.69) is 10.2 Å². The first-order chi connectivity index (χ1) is 16.9. The second-order valence-corrected chi connectivity index (χ2v) is 9.17. The normalized spacial score (nSPS) is 14.9. The molecular formula is C28H26ClN3O3. The second-order valence-electron chi connectivity index (χ2n) is 8.77. The maximum Gasteiger partial charge on any atom is 0.273 e. The molecule has 0 saturated heterocycles. The highest BCUT2D eigenvalue weighted by Crippen LogP contribution is 2.46. The van der Waals surface area contributed by atoms with Gasteiger partial charge in [0.2, 0.25) is 0 Å². The van der Waals surface area contributed by atoms with Gasteiger partial charge in [0.1, 0.15) is 22.9 Å². The summed E-state index contributed by atoms with van der Waals surface area (Å²) >= 11 is 6.46. The molecule has 1 aliphatic heterocycles. The van der Waals surface area contributed by atoms with Crippen LogP contribution in [0.1, 0.15) is 51.3 Å². The number of phenolic OH excluding ortho intramolecular Hbond substituents is 1. The average Bonchev–Trinajstić information content (AvgIpc) is 3.35. The monoisotopic (exact) mass is 487 g/mol. The Kier molecular flexibility index (Phi) is 5.99. The zero-order chi connectivity index (χ0) is 24.7. The lowest BCUT2D eigenvalue weighted by Gasteiger charge is -2.27. The first-order valence-electron chi connectivity index (χ1n) is 11.5. The van der Waals surface area contributed by atoms with Crippen molar-refractivity contribution in [1.29, 1.82) is 0 Å². The third-order valence-electron chi connectivity index (χ3n) is 6.37. The standard InChI is InChI=1S/C28H26ClN3O3/c1-4-35-20-11-9-18(10-12-20)27-24-25(23-17(3)13-16(2)14-22(23)33)30-31-26(24)28(34)32(27)15-19-7-5-6-8-21(19)29/h5-14,27,33H,4,15H2,1-3H3,(H,30,31). The molecule has 35 heavy (non-hydrogen) atoms. The number of aromatic amines is 1. The smallest absolute Gasteiger partial charge is 0.273 e. The van der Waals surface area contributed by atoms with E-state index in [0.29, 0.717) is 35.1 Å². The van der Waals surface area contributed by atoms with E-state index in [-0.39, 0.29) is 11.7 Å². The van der Waals surface area contributed by atoms with Crippen molar-refractivity contribution in [2.24, 2.45) is 0 Å². The van der Waals surface area contributed by atoms with Crippen molar-refractivity contribution in [3.8, 4) is 22.8 Å². The fourth-order valence-corrected chi connectivity index (χ4v) is 5.07. The van der Waals surface area contributed by atoms with Crippen LogP contribution in [0, 0.1) is 13.8 Å². The first-order valence-corrected chi connectivity index (χ1v) is 11.9. The summed E-state index contributed by atoms with van der Waals surface area (Å²) in [5.74, 6) is 0.735. The number of amides is 1. The number of benzene rings is 3. The molecule has 7 heteroatoms. The quantitative estimate of drug-likeness (QED) is 0.339. The van der Waals surface area contributed by atoms with Crippen LogP contribution in [0.25, 0.3) is 11.3 Å². The molecule has 1 amide bonds. The first kappa shape index (κ1) is 23.0. The molecule has 1 unspecified atom stereocenters. The summed E-state index contributed by atoms with van der Waals surface area (Å²) < 4.78 is 5.62. The Hall–Kier alpha value is -3.77. The molecule has 0 saturated carbocycles. The number of H-pyrrole nitrogens is 1. The number of phenols is 1. The number of nitrogens with zero attached hydrogens (tertiary/aromatic N) is 2. The Morgan fingerprint density at radius 2 is 1.86 bits per heavy atom. The van der Waals surface area contributed by atoms with Crippen LogP contribution in [0.5, 0.6) is 11.5 Å². The summed E-state index contributed by atoms with van der Waals surface area (Å²) in [6.45, 7) is 6.71. The molecule has 0 bridgehead atoms. The third-order valence-corrected chi connectivity index (χ3v) is 6.73. The number of nitrogens with one attached hydrogen (secondary N) is 1. The highest BCUT2D eigenvalue weighted by Gasteiger charge is 2.43. The van der Waals surface area contributed by atoms with E-state index in [9.17, 15) is 9.90 Å². The van der Waals surface area contributed by atoms with Gasteiger partial charge in [-0.25, -0.2) is 0 Å². The number of aromatic hydroxyl groups is 1. The highest BCUT2D eigenvalue weighted by atomic mass is 35.5. The fraction of sp³-hybridized carbons (Fsp3) is 0.214. The van der Waals surface area contributed by atoms with Crippen LogP contribution in [0.3, 0.4) is 0 Å². The molecule has 0 aliphatic carbocycles. The zero-order valence-corrected chi connectivity index (χ0v) is 20.6. The number of fused-ring (bicyclic) bond motifs is 1. The van der Waals surface area contributed by atoms with Crippen molar-refractivity contribution >= 4 is 17.5 Å². The Labute approximate surface area is 209 Å². The number of hydrogen-bond acceptors (Lipinski definition) is 4. The molecule has 1 aromatic heterocycles. The van der Waals surface area contributed by atoms with Gasteiger partial charge >= 0.3 is 0 Å². The minimum atomic E-state index is -0.418. The van der Waals surface area contributed by atoms with Crippen LogP contribution in [0.4, 0.5) is 0 Å². The number of carbonyl (C=O) groups excluding carboxylic acids is 1. The second kappa shape index (κ2) is 9.12. The Bertz CT molecular complexity index is 1390. The summed E-state index contributed by atoms with van der Waals surface area (Å²) in [6, 6.07) is 18.6. The van der Waals surface area contributed by atoms with Crippen molar-refractivity contribution < 1.29 is 14.6 Å². The van der Waals surface area contributed by atoms with Crippen molar-refractivity contribution in [2.75, 3.05) is 6.61 Å². The van der Waals surface area contributed by atoms with Gasteiger partial charge < -0.3 is 14.7 Å². The molecule has 0 radical (unpaired) electrons. The summed E-state index contributed by atoms with van der Waals surface area (Å²) in [7, 11) is 0. The molecule has 0 fully saturated rings. The molecular weight excluding hydrogens is 462 g/mol. The maximum atomic E-state index is 13.7. The number of rotatable bonds is 6. The van der Waals surface area contributed by atoms with Crippen LogP contribution < -0.4 is 4.74 Å². The summed E-state index contributed by atoms with van der Waals surface area (Å²) in [6.07, 6.45) is 0. The van der Waals surface area contributed by atoms with Crippen LogP contribution in [-0.4, -0.2) is 32.7 Å². The molecule has 3 aromatic carbocycles. The summed E-state index contributed by atoms with van der Waals surface area (Å²) in [5.41, 5.74) is 5.97. The van der Waals surface area contributed by atoms with Gasteiger partial charge in [0, 0.05) is 22.7 Å². The van der Waals surface area contributed by atoms with Crippen molar-refractivity contribution in [3.05, 3.63) is 99.2 Å². The molecule has 1 aliphatic rings. The number of carbonyl (C=O) groups is 1. The van der Waals surface area contributed by atoms with Gasteiger partial charge in [-0.3, -0.25) is 9.89 Å². The van der Waals surface area contributed by atoms with E-state index in [0.717, 1.165) is 33.6 Å². The summed E-state index contributed by atoms with van der Waals surface area (Å²) in [4.78, 5) is 15.5.